The fraction of sp³-hybridized carbons (Fsp3) is 0.500. The molecule has 4 nitrogen and oxygen atoms in total. The minimum atomic E-state index is 0.00210. The first-order chi connectivity index (χ1) is 9.08. The molecular formula is C14H21ClN2O2. The molecule has 0 aliphatic heterocycles. The van der Waals surface area contributed by atoms with Crippen molar-refractivity contribution in [3.8, 4) is 5.75 Å². The molecule has 0 bridgehead atoms. The Hall–Kier alpha value is -1.26. The molecule has 0 fully saturated rings. The van der Waals surface area contributed by atoms with Gasteiger partial charge in [0.25, 0.3) is 0 Å². The Balaban J connectivity index is 2.50. The van der Waals surface area contributed by atoms with E-state index in [0.717, 1.165) is 12.0 Å². The Labute approximate surface area is 119 Å². The zero-order valence-corrected chi connectivity index (χ0v) is 12.2. The van der Waals surface area contributed by atoms with Crippen molar-refractivity contribution < 1.29 is 9.53 Å². The second kappa shape index (κ2) is 8.02. The largest absolute Gasteiger partial charge is 0.496 e. The third-order valence-electron chi connectivity index (χ3n) is 3.02. The smallest absolute Gasteiger partial charge is 0.220 e. The maximum Gasteiger partial charge on any atom is 0.220 e. The van der Waals surface area contributed by atoms with Gasteiger partial charge in [0.05, 0.1) is 7.11 Å². The van der Waals surface area contributed by atoms with Gasteiger partial charge in [-0.3, -0.25) is 4.79 Å². The lowest BCUT2D eigenvalue weighted by Gasteiger charge is -2.12. The molecule has 1 atom stereocenters. The molecule has 1 aromatic rings. The third-order valence-corrected chi connectivity index (χ3v) is 3.38. The van der Waals surface area contributed by atoms with Crippen LogP contribution in [0.25, 0.3) is 0 Å². The maximum absolute atomic E-state index is 11.7. The van der Waals surface area contributed by atoms with Crippen molar-refractivity contribution >= 4 is 17.5 Å². The highest BCUT2D eigenvalue weighted by Crippen LogP contribution is 2.25. The van der Waals surface area contributed by atoms with E-state index in [9.17, 15) is 4.79 Å². The summed E-state index contributed by atoms with van der Waals surface area (Å²) in [6, 6.07) is 5.42. The molecule has 3 N–H and O–H groups in total. The van der Waals surface area contributed by atoms with Gasteiger partial charge in [-0.2, -0.15) is 0 Å². The summed E-state index contributed by atoms with van der Waals surface area (Å²) in [6.07, 6.45) is 1.27. The quantitative estimate of drug-likeness (QED) is 0.808. The van der Waals surface area contributed by atoms with Crippen molar-refractivity contribution in [1.29, 1.82) is 0 Å². The highest BCUT2D eigenvalue weighted by molar-refractivity contribution is 6.31. The van der Waals surface area contributed by atoms with Gasteiger partial charge in [-0.15, -0.1) is 0 Å². The van der Waals surface area contributed by atoms with Crippen molar-refractivity contribution in [3.63, 3.8) is 0 Å². The summed E-state index contributed by atoms with van der Waals surface area (Å²) in [7, 11) is 1.58. The first kappa shape index (κ1) is 15.8. The Morgan fingerprint density at radius 1 is 1.53 bits per heavy atom. The average molecular weight is 285 g/mol. The Morgan fingerprint density at radius 2 is 2.26 bits per heavy atom. The fourth-order valence-electron chi connectivity index (χ4n) is 1.67. The van der Waals surface area contributed by atoms with Crippen molar-refractivity contribution in [2.45, 2.75) is 26.3 Å². The van der Waals surface area contributed by atoms with E-state index in [-0.39, 0.29) is 5.91 Å². The number of amides is 1. The third kappa shape index (κ3) is 5.09. The van der Waals surface area contributed by atoms with Gasteiger partial charge in [-0.1, -0.05) is 24.6 Å². The lowest BCUT2D eigenvalue weighted by Crippen LogP contribution is -2.24. The lowest BCUT2D eigenvalue weighted by atomic mass is 10.1. The molecule has 0 aliphatic carbocycles. The predicted molar refractivity (Wildman–Crippen MR) is 77.3 cm³/mol. The number of nitrogens with one attached hydrogen (secondary N) is 1. The lowest BCUT2D eigenvalue weighted by molar-refractivity contribution is -0.121. The van der Waals surface area contributed by atoms with Crippen LogP contribution >= 0.6 is 11.6 Å². The van der Waals surface area contributed by atoms with Gasteiger partial charge in [0.2, 0.25) is 5.91 Å². The van der Waals surface area contributed by atoms with Gasteiger partial charge in [0, 0.05) is 23.6 Å². The van der Waals surface area contributed by atoms with Gasteiger partial charge in [0.1, 0.15) is 5.75 Å². The fourth-order valence-corrected chi connectivity index (χ4v) is 1.91. The van der Waals surface area contributed by atoms with Crippen molar-refractivity contribution in [2.24, 2.45) is 11.7 Å². The summed E-state index contributed by atoms with van der Waals surface area (Å²) < 4.78 is 5.22. The summed E-state index contributed by atoms with van der Waals surface area (Å²) >= 11 is 6.09. The number of carbonyl (C=O) groups excluding carboxylic acids is 1. The van der Waals surface area contributed by atoms with Crippen LogP contribution < -0.4 is 15.8 Å². The van der Waals surface area contributed by atoms with Gasteiger partial charge in [0.15, 0.2) is 0 Å². The number of halogens is 1. The maximum atomic E-state index is 11.7. The number of nitrogens with two attached hydrogens (primary N) is 1. The van der Waals surface area contributed by atoms with Crippen LogP contribution in [-0.4, -0.2) is 19.6 Å². The van der Waals surface area contributed by atoms with Crippen LogP contribution in [0.1, 0.15) is 25.3 Å². The normalized spacial score (nSPS) is 12.0. The summed E-state index contributed by atoms with van der Waals surface area (Å²) in [6.45, 7) is 3.01. The molecule has 0 aromatic heterocycles. The number of rotatable bonds is 7. The molecular weight excluding hydrogens is 264 g/mol. The zero-order valence-electron chi connectivity index (χ0n) is 11.4. The standard InChI is InChI=1S/C14H21ClN2O2/c1-10(8-16)6-7-14(18)17-9-11-12(15)4-3-5-13(11)19-2/h3-5,10H,6-9,16H2,1-2H3,(H,17,18). The SMILES string of the molecule is COc1cccc(Cl)c1CNC(=O)CCC(C)CN. The number of hydrogen-bond acceptors (Lipinski definition) is 3. The molecule has 0 heterocycles. The average Bonchev–Trinajstić information content (AvgIpc) is 2.42. The van der Waals surface area contributed by atoms with Crippen molar-refractivity contribution in [2.75, 3.05) is 13.7 Å². The number of methoxy groups -OCH3 is 1. The molecule has 1 amide bonds. The Morgan fingerprint density at radius 3 is 2.89 bits per heavy atom. The summed E-state index contributed by atoms with van der Waals surface area (Å²) in [5.74, 6) is 1.05. The van der Waals surface area contributed by atoms with Gasteiger partial charge >= 0.3 is 0 Å². The molecule has 106 valence electrons. The van der Waals surface area contributed by atoms with Crippen LogP contribution in [0.3, 0.4) is 0 Å². The van der Waals surface area contributed by atoms with Crippen LogP contribution in [0.15, 0.2) is 18.2 Å². The summed E-state index contributed by atoms with van der Waals surface area (Å²) in [5.41, 5.74) is 6.31. The highest BCUT2D eigenvalue weighted by atomic mass is 35.5. The number of carbonyl (C=O) groups is 1. The van der Waals surface area contributed by atoms with E-state index in [1.54, 1.807) is 13.2 Å². The topological polar surface area (TPSA) is 64.3 Å². The molecule has 1 unspecified atom stereocenters. The van der Waals surface area contributed by atoms with Crippen LogP contribution in [0.4, 0.5) is 0 Å². The second-order valence-electron chi connectivity index (χ2n) is 4.58. The monoisotopic (exact) mass is 284 g/mol. The minimum absolute atomic E-state index is 0.00210. The first-order valence-electron chi connectivity index (χ1n) is 6.36. The van der Waals surface area contributed by atoms with E-state index < -0.39 is 0 Å². The second-order valence-corrected chi connectivity index (χ2v) is 4.98. The summed E-state index contributed by atoms with van der Waals surface area (Å²) in [4.78, 5) is 11.7. The van der Waals surface area contributed by atoms with Crippen LogP contribution in [0.2, 0.25) is 5.02 Å². The number of ether oxygens (including phenoxy) is 1. The Kier molecular flexibility index (Phi) is 6.67. The number of benzene rings is 1. The van der Waals surface area contributed by atoms with Crippen LogP contribution in [-0.2, 0) is 11.3 Å². The molecule has 0 saturated heterocycles. The predicted octanol–water partition coefficient (Wildman–Crippen LogP) is 2.34. The van der Waals surface area contributed by atoms with E-state index >= 15 is 0 Å². The van der Waals surface area contributed by atoms with Gasteiger partial charge < -0.3 is 15.8 Å². The van der Waals surface area contributed by atoms with Gasteiger partial charge in [-0.25, -0.2) is 0 Å². The Bertz CT molecular complexity index is 424. The van der Waals surface area contributed by atoms with E-state index in [1.165, 1.54) is 0 Å². The van der Waals surface area contributed by atoms with Gasteiger partial charge in [-0.05, 0) is 31.0 Å². The molecule has 0 radical (unpaired) electrons. The molecule has 1 rings (SSSR count). The zero-order chi connectivity index (χ0) is 14.3. The molecule has 0 spiro atoms. The minimum Gasteiger partial charge on any atom is -0.496 e. The van der Waals surface area contributed by atoms with E-state index in [2.05, 4.69) is 5.32 Å². The van der Waals surface area contributed by atoms with Crippen LogP contribution in [0.5, 0.6) is 5.75 Å². The molecule has 0 aliphatic rings. The highest BCUT2D eigenvalue weighted by Gasteiger charge is 2.10. The first-order valence-corrected chi connectivity index (χ1v) is 6.74. The van der Waals surface area contributed by atoms with Crippen molar-refractivity contribution in [3.05, 3.63) is 28.8 Å². The van der Waals surface area contributed by atoms with E-state index in [0.29, 0.717) is 36.2 Å². The van der Waals surface area contributed by atoms with Crippen molar-refractivity contribution in [1.82, 2.24) is 5.32 Å². The molecule has 19 heavy (non-hydrogen) atoms. The van der Waals surface area contributed by atoms with Crippen LogP contribution in [0, 0.1) is 5.92 Å². The van der Waals surface area contributed by atoms with E-state index in [1.807, 2.05) is 19.1 Å². The number of hydrogen-bond donors (Lipinski definition) is 2. The molecule has 5 heteroatoms. The molecule has 1 aromatic carbocycles. The summed E-state index contributed by atoms with van der Waals surface area (Å²) in [5, 5.41) is 3.44. The van der Waals surface area contributed by atoms with E-state index in [4.69, 9.17) is 22.1 Å². The molecule has 0 saturated carbocycles.